The molecule has 7 heteroatoms. The van der Waals surface area contributed by atoms with E-state index in [0.717, 1.165) is 17.5 Å². The monoisotopic (exact) mass is 362 g/mol. The summed E-state index contributed by atoms with van der Waals surface area (Å²) in [6.07, 6.45) is 1.67. The quantitative estimate of drug-likeness (QED) is 0.578. The normalized spacial score (nSPS) is 11.4. The average Bonchev–Trinajstić information content (AvgIpc) is 3.04. The predicted octanol–water partition coefficient (Wildman–Crippen LogP) is 2.88. The van der Waals surface area contributed by atoms with Gasteiger partial charge in [0.25, 0.3) is 0 Å². The lowest BCUT2D eigenvalue weighted by atomic mass is 9.87. The zero-order chi connectivity index (χ0) is 18.3. The van der Waals surface area contributed by atoms with Crippen LogP contribution in [-0.2, 0) is 16.8 Å². The van der Waals surface area contributed by atoms with Gasteiger partial charge in [0.05, 0.1) is 12.3 Å². The summed E-state index contributed by atoms with van der Waals surface area (Å²) in [5.74, 6) is 1.09. The largest absolute Gasteiger partial charge is 0.492 e. The number of hydrogen-bond donors (Lipinski definition) is 1. The first-order chi connectivity index (χ1) is 11.9. The van der Waals surface area contributed by atoms with Crippen molar-refractivity contribution in [2.24, 2.45) is 0 Å². The van der Waals surface area contributed by atoms with E-state index in [9.17, 15) is 4.79 Å². The van der Waals surface area contributed by atoms with E-state index in [4.69, 9.17) is 4.74 Å². The molecule has 136 valence electrons. The van der Waals surface area contributed by atoms with Crippen LogP contribution in [0, 0.1) is 0 Å². The Labute approximate surface area is 153 Å². The molecule has 0 radical (unpaired) electrons. The van der Waals surface area contributed by atoms with Crippen LogP contribution in [-0.4, -0.2) is 39.6 Å². The van der Waals surface area contributed by atoms with Crippen LogP contribution in [0.1, 0.15) is 33.3 Å². The van der Waals surface area contributed by atoms with Crippen molar-refractivity contribution >= 4 is 17.7 Å². The lowest BCUT2D eigenvalue weighted by Gasteiger charge is -2.19. The van der Waals surface area contributed by atoms with E-state index in [0.29, 0.717) is 18.9 Å². The Bertz CT molecular complexity index is 677. The van der Waals surface area contributed by atoms with Crippen LogP contribution in [0.3, 0.4) is 0 Å². The highest BCUT2D eigenvalue weighted by Crippen LogP contribution is 2.24. The van der Waals surface area contributed by atoms with Crippen LogP contribution in [0.25, 0.3) is 0 Å². The minimum Gasteiger partial charge on any atom is -0.492 e. The number of hydrogen-bond acceptors (Lipinski definition) is 5. The van der Waals surface area contributed by atoms with E-state index in [1.807, 2.05) is 23.6 Å². The van der Waals surface area contributed by atoms with E-state index in [1.54, 1.807) is 6.33 Å². The van der Waals surface area contributed by atoms with Crippen LogP contribution < -0.4 is 10.1 Å². The first-order valence-electron chi connectivity index (χ1n) is 8.41. The van der Waals surface area contributed by atoms with Crippen LogP contribution in [0.5, 0.6) is 5.75 Å². The van der Waals surface area contributed by atoms with Gasteiger partial charge in [0.2, 0.25) is 5.91 Å². The molecule has 1 amide bonds. The molecule has 0 atom stereocenters. The fraction of sp³-hybridized carbons (Fsp3) is 0.500. The van der Waals surface area contributed by atoms with E-state index in [2.05, 4.69) is 48.4 Å². The molecule has 2 rings (SSSR count). The molecular weight excluding hydrogens is 336 g/mol. The number of aryl methyl sites for hydroxylation is 1. The lowest BCUT2D eigenvalue weighted by molar-refractivity contribution is -0.118. The van der Waals surface area contributed by atoms with Crippen molar-refractivity contribution in [2.75, 3.05) is 18.9 Å². The first-order valence-corrected chi connectivity index (χ1v) is 9.39. The molecule has 0 aliphatic heterocycles. The minimum absolute atomic E-state index is 0.0395. The van der Waals surface area contributed by atoms with Crippen LogP contribution in [0.2, 0.25) is 0 Å². The van der Waals surface area contributed by atoms with Gasteiger partial charge >= 0.3 is 0 Å². The fourth-order valence-electron chi connectivity index (χ4n) is 2.16. The van der Waals surface area contributed by atoms with E-state index < -0.39 is 0 Å². The van der Waals surface area contributed by atoms with Gasteiger partial charge in [0.1, 0.15) is 18.7 Å². The number of amides is 1. The van der Waals surface area contributed by atoms with Crippen molar-refractivity contribution in [1.29, 1.82) is 0 Å². The smallest absolute Gasteiger partial charge is 0.230 e. The first kappa shape index (κ1) is 19.3. The van der Waals surface area contributed by atoms with Gasteiger partial charge < -0.3 is 14.6 Å². The molecule has 1 N–H and O–H groups in total. The summed E-state index contributed by atoms with van der Waals surface area (Å²) in [6.45, 7) is 10.3. The van der Waals surface area contributed by atoms with Crippen molar-refractivity contribution < 1.29 is 9.53 Å². The van der Waals surface area contributed by atoms with Gasteiger partial charge in [0, 0.05) is 6.54 Å². The minimum atomic E-state index is -0.0395. The second-order valence-corrected chi connectivity index (χ2v) is 7.60. The molecule has 0 saturated heterocycles. The third kappa shape index (κ3) is 6.08. The second kappa shape index (κ2) is 8.89. The molecule has 0 bridgehead atoms. The summed E-state index contributed by atoms with van der Waals surface area (Å²) in [7, 11) is 0. The van der Waals surface area contributed by atoms with Crippen LogP contribution in [0.15, 0.2) is 35.7 Å². The summed E-state index contributed by atoms with van der Waals surface area (Å²) < 4.78 is 7.57. The zero-order valence-electron chi connectivity index (χ0n) is 15.3. The maximum atomic E-state index is 11.9. The molecule has 0 unspecified atom stereocenters. The number of carbonyl (C=O) groups excluding carboxylic acids is 1. The van der Waals surface area contributed by atoms with Crippen molar-refractivity contribution in [2.45, 2.75) is 44.8 Å². The molecule has 0 aliphatic carbocycles. The van der Waals surface area contributed by atoms with Gasteiger partial charge in [0.15, 0.2) is 5.16 Å². The molecule has 1 aromatic heterocycles. The molecule has 0 spiro atoms. The van der Waals surface area contributed by atoms with Crippen LogP contribution >= 0.6 is 11.8 Å². The molecule has 0 saturated carbocycles. The number of nitrogens with zero attached hydrogens (tertiary/aromatic N) is 3. The van der Waals surface area contributed by atoms with Gasteiger partial charge in [-0.1, -0.05) is 44.7 Å². The molecule has 0 aliphatic rings. The highest BCUT2D eigenvalue weighted by Gasteiger charge is 2.13. The Kier molecular flexibility index (Phi) is 6.87. The summed E-state index contributed by atoms with van der Waals surface area (Å²) >= 11 is 1.38. The highest BCUT2D eigenvalue weighted by atomic mass is 32.2. The zero-order valence-corrected chi connectivity index (χ0v) is 16.1. The van der Waals surface area contributed by atoms with Crippen LogP contribution in [0.4, 0.5) is 0 Å². The summed E-state index contributed by atoms with van der Waals surface area (Å²) in [5, 5.41) is 11.4. The molecule has 6 nitrogen and oxygen atoms in total. The average molecular weight is 362 g/mol. The Morgan fingerprint density at radius 2 is 2.00 bits per heavy atom. The molecule has 25 heavy (non-hydrogen) atoms. The Morgan fingerprint density at radius 3 is 2.64 bits per heavy atom. The predicted molar refractivity (Wildman–Crippen MR) is 100 cm³/mol. The van der Waals surface area contributed by atoms with E-state index in [-0.39, 0.29) is 11.3 Å². The maximum Gasteiger partial charge on any atom is 0.230 e. The van der Waals surface area contributed by atoms with Crippen molar-refractivity contribution in [3.63, 3.8) is 0 Å². The van der Waals surface area contributed by atoms with Crippen molar-refractivity contribution in [3.8, 4) is 5.75 Å². The molecular formula is C18H26N4O2S. The maximum absolute atomic E-state index is 11.9. The number of nitrogens with one attached hydrogen (secondary N) is 1. The molecule has 2 aromatic rings. The fourth-order valence-corrected chi connectivity index (χ4v) is 2.97. The Hall–Kier alpha value is -2.02. The third-order valence-corrected chi connectivity index (χ3v) is 4.65. The highest BCUT2D eigenvalue weighted by molar-refractivity contribution is 7.99. The van der Waals surface area contributed by atoms with Gasteiger partial charge in [-0.05, 0) is 30.0 Å². The van der Waals surface area contributed by atoms with Gasteiger partial charge in [-0.3, -0.25) is 4.79 Å². The number of aromatic nitrogens is 3. The molecule has 1 aromatic carbocycles. The number of benzene rings is 1. The Balaban J connectivity index is 1.66. The molecule has 0 fully saturated rings. The van der Waals surface area contributed by atoms with Crippen molar-refractivity contribution in [3.05, 3.63) is 36.2 Å². The summed E-state index contributed by atoms with van der Waals surface area (Å²) in [4.78, 5) is 11.9. The van der Waals surface area contributed by atoms with Gasteiger partial charge in [-0.25, -0.2) is 0 Å². The lowest BCUT2D eigenvalue weighted by Crippen LogP contribution is -2.29. The molecule has 1 heterocycles. The third-order valence-electron chi connectivity index (χ3n) is 3.67. The standard InChI is InChI=1S/C18H26N4O2S/c1-5-22-13-20-21-17(22)25-12-16(23)19-10-11-24-15-8-6-14(7-9-15)18(2,3)4/h6-9,13H,5,10-12H2,1-4H3,(H,19,23). The van der Waals surface area contributed by atoms with E-state index >= 15 is 0 Å². The van der Waals surface area contributed by atoms with E-state index in [1.165, 1.54) is 17.3 Å². The summed E-state index contributed by atoms with van der Waals surface area (Å²) in [6, 6.07) is 8.09. The van der Waals surface area contributed by atoms with Gasteiger partial charge in [-0.15, -0.1) is 10.2 Å². The van der Waals surface area contributed by atoms with Gasteiger partial charge in [-0.2, -0.15) is 0 Å². The summed E-state index contributed by atoms with van der Waals surface area (Å²) in [5.41, 5.74) is 1.40. The van der Waals surface area contributed by atoms with Crippen molar-refractivity contribution in [1.82, 2.24) is 20.1 Å². The number of carbonyl (C=O) groups is 1. The number of thioether (sulfide) groups is 1. The number of ether oxygens (including phenoxy) is 1. The SMILES string of the molecule is CCn1cnnc1SCC(=O)NCCOc1ccc(C(C)(C)C)cc1. The number of rotatable bonds is 8. The topological polar surface area (TPSA) is 69.0 Å². The second-order valence-electron chi connectivity index (χ2n) is 6.66. The Morgan fingerprint density at radius 1 is 1.28 bits per heavy atom.